The molecule has 3 rings (SSSR count). The number of rotatable bonds is 2. The maximum absolute atomic E-state index is 6.10. The van der Waals surface area contributed by atoms with E-state index in [1.54, 1.807) is 0 Å². The highest BCUT2D eigenvalue weighted by molar-refractivity contribution is 9.08. The van der Waals surface area contributed by atoms with Crippen molar-refractivity contribution in [3.8, 4) is 11.3 Å². The second-order valence-electron chi connectivity index (χ2n) is 4.03. The molecule has 0 unspecified atom stereocenters. The van der Waals surface area contributed by atoms with Gasteiger partial charge in [-0.1, -0.05) is 57.9 Å². The molecule has 2 nitrogen and oxygen atoms in total. The number of hydrogen-bond donors (Lipinski definition) is 0. The Morgan fingerprint density at radius 1 is 1.11 bits per heavy atom. The van der Waals surface area contributed by atoms with Crippen LogP contribution < -0.4 is 0 Å². The summed E-state index contributed by atoms with van der Waals surface area (Å²) < 4.78 is 1.92. The van der Waals surface area contributed by atoms with Crippen molar-refractivity contribution in [1.82, 2.24) is 9.61 Å². The number of pyridine rings is 1. The van der Waals surface area contributed by atoms with Crippen LogP contribution in [-0.4, -0.2) is 9.61 Å². The van der Waals surface area contributed by atoms with Gasteiger partial charge in [0.05, 0.1) is 16.9 Å². The molecule has 0 amide bonds. The third-order valence-electron chi connectivity index (χ3n) is 2.81. The molecule has 18 heavy (non-hydrogen) atoms. The number of alkyl halides is 1. The molecule has 0 saturated heterocycles. The molecule has 0 atom stereocenters. The molecule has 90 valence electrons. The van der Waals surface area contributed by atoms with Crippen LogP contribution in [-0.2, 0) is 5.33 Å². The van der Waals surface area contributed by atoms with Gasteiger partial charge >= 0.3 is 0 Å². The average Bonchev–Trinajstić information content (AvgIpc) is 2.82. The highest BCUT2D eigenvalue weighted by Gasteiger charge is 2.08. The fourth-order valence-corrected chi connectivity index (χ4v) is 2.61. The van der Waals surface area contributed by atoms with Crippen molar-refractivity contribution < 1.29 is 0 Å². The molecule has 0 aliphatic carbocycles. The van der Waals surface area contributed by atoms with E-state index in [0.717, 1.165) is 32.8 Å². The quantitative estimate of drug-likeness (QED) is 0.633. The number of halogens is 2. The lowest BCUT2D eigenvalue weighted by Crippen LogP contribution is -1.95. The predicted molar refractivity (Wildman–Crippen MR) is 78.3 cm³/mol. The zero-order valence-corrected chi connectivity index (χ0v) is 11.8. The van der Waals surface area contributed by atoms with E-state index in [1.165, 1.54) is 0 Å². The largest absolute Gasteiger partial charge is 0.236 e. The molecule has 0 bridgehead atoms. The first-order valence-electron chi connectivity index (χ1n) is 5.57. The number of aromatic nitrogens is 2. The van der Waals surface area contributed by atoms with Crippen LogP contribution in [0.15, 0.2) is 48.5 Å². The lowest BCUT2D eigenvalue weighted by molar-refractivity contribution is 0.913. The first kappa shape index (κ1) is 11.8. The molecule has 0 N–H and O–H groups in total. The van der Waals surface area contributed by atoms with Gasteiger partial charge in [0.15, 0.2) is 0 Å². The van der Waals surface area contributed by atoms with Crippen LogP contribution in [0.1, 0.15) is 5.69 Å². The topological polar surface area (TPSA) is 17.3 Å². The van der Waals surface area contributed by atoms with Crippen molar-refractivity contribution >= 4 is 33.0 Å². The van der Waals surface area contributed by atoms with Crippen LogP contribution >= 0.6 is 27.5 Å². The molecular weight excluding hydrogens is 312 g/mol. The van der Waals surface area contributed by atoms with E-state index in [-0.39, 0.29) is 0 Å². The molecule has 0 aliphatic heterocycles. The number of benzene rings is 1. The summed E-state index contributed by atoms with van der Waals surface area (Å²) in [6.07, 6.45) is 0. The molecule has 3 aromatic rings. The average molecular weight is 322 g/mol. The summed E-state index contributed by atoms with van der Waals surface area (Å²) >= 11 is 9.55. The van der Waals surface area contributed by atoms with Crippen LogP contribution in [0.25, 0.3) is 16.8 Å². The summed E-state index contributed by atoms with van der Waals surface area (Å²) in [5.74, 6) is 0. The van der Waals surface area contributed by atoms with Crippen LogP contribution in [0, 0.1) is 0 Å². The fraction of sp³-hybridized carbons (Fsp3) is 0.0714. The van der Waals surface area contributed by atoms with Crippen molar-refractivity contribution in [2.75, 3.05) is 0 Å². The third-order valence-corrected chi connectivity index (χ3v) is 3.60. The van der Waals surface area contributed by atoms with E-state index in [2.05, 4.69) is 33.2 Å². The summed E-state index contributed by atoms with van der Waals surface area (Å²) in [5.41, 5.74) is 4.12. The maximum atomic E-state index is 6.10. The predicted octanol–water partition coefficient (Wildman–Crippen LogP) is 4.55. The first-order chi connectivity index (χ1) is 8.78. The molecule has 2 aromatic heterocycles. The summed E-state index contributed by atoms with van der Waals surface area (Å²) in [6, 6.07) is 16.0. The lowest BCUT2D eigenvalue weighted by atomic mass is 10.1. The molecule has 0 saturated carbocycles. The van der Waals surface area contributed by atoms with Gasteiger partial charge < -0.3 is 0 Å². The Morgan fingerprint density at radius 2 is 1.89 bits per heavy atom. The number of hydrogen-bond acceptors (Lipinski definition) is 1. The SMILES string of the molecule is Clc1cc(CBr)n2nc(-c3ccccc3)cc2c1. The van der Waals surface area contributed by atoms with Gasteiger partial charge in [-0.25, -0.2) is 4.52 Å². The minimum absolute atomic E-state index is 0.722. The van der Waals surface area contributed by atoms with Gasteiger partial charge in [0.1, 0.15) is 0 Å². The van der Waals surface area contributed by atoms with Crippen molar-refractivity contribution in [2.45, 2.75) is 5.33 Å². The van der Waals surface area contributed by atoms with Crippen molar-refractivity contribution in [1.29, 1.82) is 0 Å². The monoisotopic (exact) mass is 320 g/mol. The maximum Gasteiger partial charge on any atom is 0.0933 e. The van der Waals surface area contributed by atoms with Crippen LogP contribution in [0.2, 0.25) is 5.02 Å². The first-order valence-corrected chi connectivity index (χ1v) is 7.07. The van der Waals surface area contributed by atoms with Crippen LogP contribution in [0.5, 0.6) is 0 Å². The van der Waals surface area contributed by atoms with Crippen molar-refractivity contribution in [3.63, 3.8) is 0 Å². The normalized spacial score (nSPS) is 11.0. The summed E-state index contributed by atoms with van der Waals surface area (Å²) in [5, 5.41) is 6.08. The van der Waals surface area contributed by atoms with Gasteiger partial charge in [-0.2, -0.15) is 5.10 Å². The zero-order valence-electron chi connectivity index (χ0n) is 9.48. The summed E-state index contributed by atoms with van der Waals surface area (Å²) in [4.78, 5) is 0. The Balaban J connectivity index is 2.23. The molecule has 0 fully saturated rings. The third kappa shape index (κ3) is 2.04. The van der Waals surface area contributed by atoms with Gasteiger partial charge in [0.2, 0.25) is 0 Å². The van der Waals surface area contributed by atoms with E-state index in [9.17, 15) is 0 Å². The molecule has 4 heteroatoms. The van der Waals surface area contributed by atoms with Gasteiger partial charge in [-0.15, -0.1) is 0 Å². The molecule has 0 spiro atoms. The summed E-state index contributed by atoms with van der Waals surface area (Å²) in [6.45, 7) is 0. The minimum atomic E-state index is 0.722. The standard InChI is InChI=1S/C14H10BrClN2/c15-9-13-7-11(16)6-12-8-14(17-18(12)13)10-4-2-1-3-5-10/h1-8H,9H2. The van der Waals surface area contributed by atoms with E-state index in [1.807, 2.05) is 40.9 Å². The Hall–Kier alpha value is -1.32. The van der Waals surface area contributed by atoms with E-state index >= 15 is 0 Å². The highest BCUT2D eigenvalue weighted by atomic mass is 79.9. The van der Waals surface area contributed by atoms with Gasteiger partial charge in [0, 0.05) is 15.9 Å². The fourth-order valence-electron chi connectivity index (χ4n) is 1.98. The second kappa shape index (κ2) is 4.75. The number of nitrogens with zero attached hydrogens (tertiary/aromatic N) is 2. The van der Waals surface area contributed by atoms with Gasteiger partial charge in [-0.05, 0) is 18.2 Å². The molecule has 1 aromatic carbocycles. The Bertz CT molecular complexity index is 692. The molecule has 2 heterocycles. The smallest absolute Gasteiger partial charge is 0.0933 e. The van der Waals surface area contributed by atoms with E-state index in [4.69, 9.17) is 11.6 Å². The van der Waals surface area contributed by atoms with Crippen molar-refractivity contribution in [3.05, 3.63) is 59.2 Å². The molecule has 0 aliphatic rings. The Morgan fingerprint density at radius 3 is 2.61 bits per heavy atom. The zero-order chi connectivity index (χ0) is 12.5. The second-order valence-corrected chi connectivity index (χ2v) is 5.03. The van der Waals surface area contributed by atoms with Crippen LogP contribution in [0.3, 0.4) is 0 Å². The number of fused-ring (bicyclic) bond motifs is 1. The van der Waals surface area contributed by atoms with Crippen molar-refractivity contribution in [2.24, 2.45) is 0 Å². The van der Waals surface area contributed by atoms with E-state index in [0.29, 0.717) is 0 Å². The highest BCUT2D eigenvalue weighted by Crippen LogP contribution is 2.23. The minimum Gasteiger partial charge on any atom is -0.236 e. The molecular formula is C14H10BrClN2. The lowest BCUT2D eigenvalue weighted by Gasteiger charge is -2.01. The summed E-state index contributed by atoms with van der Waals surface area (Å²) in [7, 11) is 0. The van der Waals surface area contributed by atoms with E-state index < -0.39 is 0 Å². The van der Waals surface area contributed by atoms with Crippen LogP contribution in [0.4, 0.5) is 0 Å². The van der Waals surface area contributed by atoms with Gasteiger partial charge in [0.25, 0.3) is 0 Å². The Kier molecular flexibility index (Phi) is 3.10. The Labute approximate surface area is 118 Å². The van der Waals surface area contributed by atoms with Gasteiger partial charge in [-0.3, -0.25) is 0 Å². The molecule has 0 radical (unpaired) electrons.